The number of aliphatic hydroxyl groups excluding tert-OH is 1. The summed E-state index contributed by atoms with van der Waals surface area (Å²) in [4.78, 5) is 0. The van der Waals surface area contributed by atoms with E-state index in [1.54, 1.807) is 7.11 Å². The summed E-state index contributed by atoms with van der Waals surface area (Å²) in [6.45, 7) is 6.38. The molecule has 3 heteroatoms. The minimum absolute atomic E-state index is 0.139. The summed E-state index contributed by atoms with van der Waals surface area (Å²) in [5.41, 5.74) is 5.09. The van der Waals surface area contributed by atoms with Crippen molar-refractivity contribution in [2.45, 2.75) is 45.3 Å². The van der Waals surface area contributed by atoms with Crippen molar-refractivity contribution >= 4 is 0 Å². The van der Waals surface area contributed by atoms with E-state index in [0.29, 0.717) is 6.54 Å². The van der Waals surface area contributed by atoms with Gasteiger partial charge in [-0.25, -0.2) is 0 Å². The van der Waals surface area contributed by atoms with E-state index in [1.165, 1.54) is 0 Å². The van der Waals surface area contributed by atoms with Gasteiger partial charge in [0.25, 0.3) is 0 Å². The molecule has 0 aromatic heterocycles. The number of nitrogens with two attached hydrogens (primary N) is 1. The third kappa shape index (κ3) is 3.63. The Morgan fingerprint density at radius 1 is 1.46 bits per heavy atom. The van der Waals surface area contributed by atoms with E-state index >= 15 is 0 Å². The highest BCUT2D eigenvalue weighted by Crippen LogP contribution is 2.23. The monoisotopic (exact) mass is 189 g/mol. The molecule has 0 radical (unpaired) electrons. The van der Waals surface area contributed by atoms with Crippen molar-refractivity contribution in [1.82, 2.24) is 0 Å². The van der Waals surface area contributed by atoms with Crippen molar-refractivity contribution in [3.63, 3.8) is 0 Å². The highest BCUT2D eigenvalue weighted by atomic mass is 16.5. The molecule has 0 rings (SSSR count). The van der Waals surface area contributed by atoms with Crippen LogP contribution in [0.3, 0.4) is 0 Å². The average Bonchev–Trinajstić information content (AvgIpc) is 2.13. The van der Waals surface area contributed by atoms with Gasteiger partial charge in [-0.1, -0.05) is 13.3 Å². The van der Waals surface area contributed by atoms with Gasteiger partial charge >= 0.3 is 0 Å². The van der Waals surface area contributed by atoms with Gasteiger partial charge in [-0.15, -0.1) is 0 Å². The standard InChI is InChI=1S/C10H23NO2/c1-5-6-8(7-11)9(12)10(2,3)13-4/h8-9,12H,5-7,11H2,1-4H3. The topological polar surface area (TPSA) is 55.5 Å². The molecule has 3 nitrogen and oxygen atoms in total. The second-order valence-electron chi connectivity index (χ2n) is 4.04. The molecular formula is C10H23NO2. The summed E-state index contributed by atoms with van der Waals surface area (Å²) in [5.74, 6) is 0.139. The van der Waals surface area contributed by atoms with Gasteiger partial charge in [-0.3, -0.25) is 0 Å². The minimum atomic E-state index is -0.501. The highest BCUT2D eigenvalue weighted by Gasteiger charge is 2.32. The molecule has 0 saturated carbocycles. The molecule has 0 aromatic rings. The third-order valence-electron chi connectivity index (χ3n) is 2.65. The van der Waals surface area contributed by atoms with Crippen molar-refractivity contribution in [1.29, 1.82) is 0 Å². The van der Waals surface area contributed by atoms with Crippen LogP contribution < -0.4 is 5.73 Å². The Kier molecular flexibility index (Phi) is 5.53. The zero-order chi connectivity index (χ0) is 10.5. The maximum atomic E-state index is 9.96. The first-order valence-electron chi connectivity index (χ1n) is 4.92. The Bertz CT molecular complexity index is 137. The van der Waals surface area contributed by atoms with E-state index in [9.17, 15) is 5.11 Å². The quantitative estimate of drug-likeness (QED) is 0.659. The van der Waals surface area contributed by atoms with Crippen molar-refractivity contribution in [2.24, 2.45) is 11.7 Å². The second kappa shape index (κ2) is 5.58. The van der Waals surface area contributed by atoms with Crippen LogP contribution >= 0.6 is 0 Å². The van der Waals surface area contributed by atoms with Gasteiger partial charge in [0, 0.05) is 7.11 Å². The molecule has 0 aromatic carbocycles. The van der Waals surface area contributed by atoms with Crippen LogP contribution in [0.5, 0.6) is 0 Å². The fourth-order valence-corrected chi connectivity index (χ4v) is 1.46. The van der Waals surface area contributed by atoms with Crippen LogP contribution in [0.2, 0.25) is 0 Å². The lowest BCUT2D eigenvalue weighted by Crippen LogP contribution is -2.45. The Morgan fingerprint density at radius 2 is 2.00 bits per heavy atom. The molecule has 0 saturated heterocycles. The van der Waals surface area contributed by atoms with Gasteiger partial charge in [0.05, 0.1) is 11.7 Å². The lowest BCUT2D eigenvalue weighted by molar-refractivity contribution is -0.101. The molecule has 0 fully saturated rings. The Morgan fingerprint density at radius 3 is 2.31 bits per heavy atom. The van der Waals surface area contributed by atoms with Crippen molar-refractivity contribution < 1.29 is 9.84 Å². The van der Waals surface area contributed by atoms with Crippen LogP contribution in [-0.2, 0) is 4.74 Å². The molecule has 0 aliphatic carbocycles. The Balaban J connectivity index is 4.26. The summed E-state index contributed by atoms with van der Waals surface area (Å²) < 4.78 is 5.22. The molecule has 3 N–H and O–H groups in total. The number of aliphatic hydroxyl groups is 1. The summed E-state index contributed by atoms with van der Waals surface area (Å²) in [7, 11) is 1.61. The minimum Gasteiger partial charge on any atom is -0.390 e. The van der Waals surface area contributed by atoms with Gasteiger partial charge in [0.15, 0.2) is 0 Å². The zero-order valence-electron chi connectivity index (χ0n) is 9.21. The summed E-state index contributed by atoms with van der Waals surface area (Å²) in [5, 5.41) is 9.96. The fraction of sp³-hybridized carbons (Fsp3) is 1.00. The molecule has 0 spiro atoms. The van der Waals surface area contributed by atoms with Gasteiger partial charge < -0.3 is 15.6 Å². The van der Waals surface area contributed by atoms with E-state index in [2.05, 4.69) is 6.92 Å². The molecule has 0 aliphatic rings. The maximum absolute atomic E-state index is 9.96. The lowest BCUT2D eigenvalue weighted by Gasteiger charge is -2.34. The first-order valence-corrected chi connectivity index (χ1v) is 4.92. The highest BCUT2D eigenvalue weighted by molar-refractivity contribution is 4.84. The van der Waals surface area contributed by atoms with Crippen LogP contribution in [0.15, 0.2) is 0 Å². The van der Waals surface area contributed by atoms with E-state index in [1.807, 2.05) is 13.8 Å². The summed E-state index contributed by atoms with van der Waals surface area (Å²) in [6, 6.07) is 0. The molecule has 2 atom stereocenters. The third-order valence-corrected chi connectivity index (χ3v) is 2.65. The van der Waals surface area contributed by atoms with Crippen molar-refractivity contribution in [3.05, 3.63) is 0 Å². The molecule has 0 heterocycles. The fourth-order valence-electron chi connectivity index (χ4n) is 1.46. The van der Waals surface area contributed by atoms with E-state index in [-0.39, 0.29) is 5.92 Å². The Labute approximate surface area is 81.3 Å². The summed E-state index contributed by atoms with van der Waals surface area (Å²) in [6.07, 6.45) is 1.51. The molecule has 2 unspecified atom stereocenters. The SMILES string of the molecule is CCCC(CN)C(O)C(C)(C)OC. The normalized spacial score (nSPS) is 17.1. The summed E-state index contributed by atoms with van der Waals surface area (Å²) >= 11 is 0. The predicted molar refractivity (Wildman–Crippen MR) is 54.5 cm³/mol. The van der Waals surface area contributed by atoms with Gasteiger partial charge in [-0.2, -0.15) is 0 Å². The first-order chi connectivity index (χ1) is 5.99. The van der Waals surface area contributed by atoms with Crippen LogP contribution in [0.1, 0.15) is 33.6 Å². The smallest absolute Gasteiger partial charge is 0.0883 e. The van der Waals surface area contributed by atoms with Crippen molar-refractivity contribution in [2.75, 3.05) is 13.7 Å². The number of hydrogen-bond donors (Lipinski definition) is 2. The first kappa shape index (κ1) is 12.9. The van der Waals surface area contributed by atoms with E-state index in [4.69, 9.17) is 10.5 Å². The molecule has 80 valence electrons. The molecular weight excluding hydrogens is 166 g/mol. The molecule has 0 amide bonds. The van der Waals surface area contributed by atoms with Crippen LogP contribution in [-0.4, -0.2) is 30.5 Å². The average molecular weight is 189 g/mol. The van der Waals surface area contributed by atoms with E-state index < -0.39 is 11.7 Å². The predicted octanol–water partition coefficient (Wildman–Crippen LogP) is 1.15. The molecule has 0 aliphatic heterocycles. The van der Waals surface area contributed by atoms with E-state index in [0.717, 1.165) is 12.8 Å². The van der Waals surface area contributed by atoms with Crippen LogP contribution in [0.4, 0.5) is 0 Å². The Hall–Kier alpha value is -0.120. The lowest BCUT2D eigenvalue weighted by atomic mass is 9.87. The number of methoxy groups -OCH3 is 1. The number of hydrogen-bond acceptors (Lipinski definition) is 3. The molecule has 0 bridgehead atoms. The molecule has 13 heavy (non-hydrogen) atoms. The second-order valence-corrected chi connectivity index (χ2v) is 4.04. The zero-order valence-corrected chi connectivity index (χ0v) is 9.21. The van der Waals surface area contributed by atoms with Crippen LogP contribution in [0, 0.1) is 5.92 Å². The van der Waals surface area contributed by atoms with Gasteiger partial charge in [-0.05, 0) is 32.7 Å². The van der Waals surface area contributed by atoms with Gasteiger partial charge in [0.1, 0.15) is 0 Å². The van der Waals surface area contributed by atoms with Gasteiger partial charge in [0.2, 0.25) is 0 Å². The van der Waals surface area contributed by atoms with Crippen molar-refractivity contribution in [3.8, 4) is 0 Å². The number of rotatable bonds is 6. The maximum Gasteiger partial charge on any atom is 0.0883 e. The van der Waals surface area contributed by atoms with Crippen LogP contribution in [0.25, 0.3) is 0 Å². The largest absolute Gasteiger partial charge is 0.390 e. The number of ether oxygens (including phenoxy) is 1.